The summed E-state index contributed by atoms with van der Waals surface area (Å²) in [6.45, 7) is 0. The lowest BCUT2D eigenvalue weighted by Gasteiger charge is -2.12. The van der Waals surface area contributed by atoms with Gasteiger partial charge >= 0.3 is 0 Å². The van der Waals surface area contributed by atoms with Gasteiger partial charge in [-0.15, -0.1) is 0 Å². The Kier molecular flexibility index (Phi) is 3.61. The van der Waals surface area contributed by atoms with Gasteiger partial charge in [-0.3, -0.25) is 0 Å². The number of allylic oxidation sites excluding steroid dienone is 1. The van der Waals surface area contributed by atoms with Crippen LogP contribution in [0.2, 0.25) is 0 Å². The summed E-state index contributed by atoms with van der Waals surface area (Å²) >= 11 is 0. The van der Waals surface area contributed by atoms with E-state index in [4.69, 9.17) is 4.98 Å². The first-order chi connectivity index (χ1) is 13.3. The number of para-hydroxylation sites is 2. The summed E-state index contributed by atoms with van der Waals surface area (Å²) in [5.74, 6) is 1.39. The molecule has 4 heteroatoms. The van der Waals surface area contributed by atoms with Gasteiger partial charge in [0.2, 0.25) is 0 Å². The van der Waals surface area contributed by atoms with Crippen LogP contribution in [0.15, 0.2) is 72.8 Å². The summed E-state index contributed by atoms with van der Waals surface area (Å²) in [4.78, 5) is 9.36. The molecule has 0 aliphatic heterocycles. The van der Waals surface area contributed by atoms with Crippen LogP contribution in [-0.4, -0.2) is 15.1 Å². The number of phenolic OH excluding ortho intramolecular Hbond substituents is 1. The third kappa shape index (κ3) is 2.81. The number of fused-ring (bicyclic) bond motifs is 2. The average molecular weight is 351 g/mol. The van der Waals surface area contributed by atoms with Gasteiger partial charge in [0.15, 0.2) is 5.82 Å². The van der Waals surface area contributed by atoms with Crippen LogP contribution in [0.1, 0.15) is 11.1 Å². The molecule has 3 aromatic carbocycles. The predicted molar refractivity (Wildman–Crippen MR) is 109 cm³/mol. The van der Waals surface area contributed by atoms with Crippen molar-refractivity contribution in [3.8, 4) is 17.1 Å². The van der Waals surface area contributed by atoms with Gasteiger partial charge in [-0.25, -0.2) is 9.97 Å². The maximum atomic E-state index is 10.2. The average Bonchev–Trinajstić information content (AvgIpc) is 3.16. The van der Waals surface area contributed by atoms with Crippen LogP contribution >= 0.6 is 0 Å². The molecule has 4 nitrogen and oxygen atoms in total. The summed E-state index contributed by atoms with van der Waals surface area (Å²) in [5, 5.41) is 14.6. The molecule has 0 saturated heterocycles. The molecule has 4 aromatic rings. The van der Waals surface area contributed by atoms with Crippen molar-refractivity contribution in [3.05, 3.63) is 83.9 Å². The van der Waals surface area contributed by atoms with Crippen molar-refractivity contribution in [2.45, 2.75) is 6.42 Å². The Morgan fingerprint density at radius 2 is 1.74 bits per heavy atom. The quantitative estimate of drug-likeness (QED) is 0.525. The molecule has 1 aromatic heterocycles. The van der Waals surface area contributed by atoms with E-state index in [1.165, 1.54) is 11.1 Å². The van der Waals surface area contributed by atoms with Gasteiger partial charge in [0.05, 0.1) is 11.1 Å². The van der Waals surface area contributed by atoms with Crippen LogP contribution in [0, 0.1) is 0 Å². The molecule has 0 atom stereocenters. The molecule has 27 heavy (non-hydrogen) atoms. The smallest absolute Gasteiger partial charge is 0.165 e. The van der Waals surface area contributed by atoms with Crippen molar-refractivity contribution in [2.24, 2.45) is 0 Å². The van der Waals surface area contributed by atoms with Crippen LogP contribution in [0.25, 0.3) is 28.4 Å². The number of nitrogens with one attached hydrogen (secondary N) is 1. The van der Waals surface area contributed by atoms with E-state index in [9.17, 15) is 5.11 Å². The fraction of sp³-hybridized carbons (Fsp3) is 0.0435. The second-order valence-corrected chi connectivity index (χ2v) is 6.58. The van der Waals surface area contributed by atoms with Crippen molar-refractivity contribution >= 4 is 28.5 Å². The first kappa shape index (κ1) is 15.6. The molecule has 0 saturated carbocycles. The number of anilines is 2. The molecular formula is C23H17N3O. The van der Waals surface area contributed by atoms with Crippen molar-refractivity contribution in [3.63, 3.8) is 0 Å². The topological polar surface area (TPSA) is 58.0 Å². The van der Waals surface area contributed by atoms with E-state index in [1.807, 2.05) is 36.4 Å². The largest absolute Gasteiger partial charge is 0.507 e. The zero-order chi connectivity index (χ0) is 18.2. The van der Waals surface area contributed by atoms with Crippen LogP contribution in [0.4, 0.5) is 11.5 Å². The number of aromatic hydroxyl groups is 1. The minimum absolute atomic E-state index is 0.168. The maximum absolute atomic E-state index is 10.2. The molecule has 0 radical (unpaired) electrons. The van der Waals surface area contributed by atoms with Crippen LogP contribution < -0.4 is 5.32 Å². The summed E-state index contributed by atoms with van der Waals surface area (Å²) < 4.78 is 0. The zero-order valence-corrected chi connectivity index (χ0v) is 14.6. The van der Waals surface area contributed by atoms with Crippen molar-refractivity contribution in [1.82, 2.24) is 9.97 Å². The van der Waals surface area contributed by atoms with Crippen LogP contribution in [-0.2, 0) is 6.42 Å². The number of hydrogen-bond acceptors (Lipinski definition) is 4. The Bertz CT molecular complexity index is 1200. The molecule has 1 heterocycles. The van der Waals surface area contributed by atoms with Gasteiger partial charge in [-0.1, -0.05) is 42.5 Å². The van der Waals surface area contributed by atoms with E-state index in [0.29, 0.717) is 11.4 Å². The van der Waals surface area contributed by atoms with Crippen LogP contribution in [0.3, 0.4) is 0 Å². The third-order valence-electron chi connectivity index (χ3n) is 4.79. The van der Waals surface area contributed by atoms with Gasteiger partial charge in [0.1, 0.15) is 11.6 Å². The van der Waals surface area contributed by atoms with Crippen molar-refractivity contribution in [1.29, 1.82) is 0 Å². The van der Waals surface area contributed by atoms with Crippen LogP contribution in [0.5, 0.6) is 5.75 Å². The second kappa shape index (κ2) is 6.25. The minimum Gasteiger partial charge on any atom is -0.507 e. The number of nitrogens with zero attached hydrogens (tertiary/aromatic N) is 2. The number of benzene rings is 3. The van der Waals surface area contributed by atoms with E-state index in [0.717, 1.165) is 28.8 Å². The highest BCUT2D eigenvalue weighted by Crippen LogP contribution is 2.32. The monoisotopic (exact) mass is 351 g/mol. The standard InChI is InChI=1S/C23H17N3O/c27-21-11-4-2-9-19(21)23-25-20-10-3-1-8-18(20)22(26-23)24-17-13-12-15-6-5-7-16(15)14-17/h1-5,7-14,27H,6H2,(H,24,25,26). The van der Waals surface area contributed by atoms with Gasteiger partial charge < -0.3 is 10.4 Å². The minimum atomic E-state index is 0.168. The fourth-order valence-corrected chi connectivity index (χ4v) is 3.42. The van der Waals surface area contributed by atoms with Gasteiger partial charge in [0.25, 0.3) is 0 Å². The summed E-state index contributed by atoms with van der Waals surface area (Å²) in [6, 6.07) is 21.4. The van der Waals surface area contributed by atoms with E-state index in [-0.39, 0.29) is 5.75 Å². The summed E-state index contributed by atoms with van der Waals surface area (Å²) in [6.07, 6.45) is 5.31. The van der Waals surface area contributed by atoms with Crippen molar-refractivity contribution in [2.75, 3.05) is 5.32 Å². The Morgan fingerprint density at radius 1 is 0.889 bits per heavy atom. The SMILES string of the molecule is Oc1ccccc1-c1nc(Nc2ccc3c(c2)C=CC3)c2ccccc2n1. The normalized spacial score (nSPS) is 12.3. The highest BCUT2D eigenvalue weighted by molar-refractivity contribution is 5.92. The number of aromatic nitrogens is 2. The predicted octanol–water partition coefficient (Wildman–Crippen LogP) is 5.32. The van der Waals surface area contributed by atoms with Crippen molar-refractivity contribution < 1.29 is 5.11 Å². The molecule has 0 fully saturated rings. The Hall–Kier alpha value is -3.66. The molecule has 0 amide bonds. The highest BCUT2D eigenvalue weighted by Gasteiger charge is 2.13. The number of hydrogen-bond donors (Lipinski definition) is 2. The van der Waals surface area contributed by atoms with E-state index in [2.05, 4.69) is 40.7 Å². The third-order valence-corrected chi connectivity index (χ3v) is 4.79. The lowest BCUT2D eigenvalue weighted by molar-refractivity contribution is 0.477. The number of phenols is 1. The first-order valence-corrected chi connectivity index (χ1v) is 8.89. The lowest BCUT2D eigenvalue weighted by atomic mass is 10.1. The molecule has 1 aliphatic carbocycles. The fourth-order valence-electron chi connectivity index (χ4n) is 3.42. The lowest BCUT2D eigenvalue weighted by Crippen LogP contribution is -2.00. The highest BCUT2D eigenvalue weighted by atomic mass is 16.3. The Morgan fingerprint density at radius 3 is 2.67 bits per heavy atom. The summed E-state index contributed by atoms with van der Waals surface area (Å²) in [5.41, 5.74) is 4.99. The molecule has 5 rings (SSSR count). The van der Waals surface area contributed by atoms with E-state index in [1.54, 1.807) is 12.1 Å². The maximum Gasteiger partial charge on any atom is 0.165 e. The molecule has 2 N–H and O–H groups in total. The summed E-state index contributed by atoms with van der Waals surface area (Å²) in [7, 11) is 0. The molecule has 130 valence electrons. The van der Waals surface area contributed by atoms with Gasteiger partial charge in [-0.2, -0.15) is 0 Å². The molecule has 0 unspecified atom stereocenters. The molecule has 1 aliphatic rings. The number of rotatable bonds is 3. The Labute approximate surface area is 156 Å². The zero-order valence-electron chi connectivity index (χ0n) is 14.6. The second-order valence-electron chi connectivity index (χ2n) is 6.58. The molecule has 0 spiro atoms. The first-order valence-electron chi connectivity index (χ1n) is 8.89. The van der Waals surface area contributed by atoms with Gasteiger partial charge in [-0.05, 0) is 53.9 Å². The molecular weight excluding hydrogens is 334 g/mol. The molecule has 0 bridgehead atoms. The Balaban J connectivity index is 1.64. The van der Waals surface area contributed by atoms with E-state index < -0.39 is 0 Å². The van der Waals surface area contributed by atoms with E-state index >= 15 is 0 Å². The van der Waals surface area contributed by atoms with Gasteiger partial charge in [0, 0.05) is 11.1 Å².